The molecule has 0 aliphatic carbocycles. The topological polar surface area (TPSA) is 144 Å². The van der Waals surface area contributed by atoms with Crippen molar-refractivity contribution in [3.05, 3.63) is 30.1 Å². The molecule has 0 spiro atoms. The summed E-state index contributed by atoms with van der Waals surface area (Å²) in [5, 5.41) is 31.5. The molecule has 0 aliphatic heterocycles. The second-order valence-electron chi connectivity index (χ2n) is 2.90. The number of hydrogen-bond acceptors (Lipinski definition) is 6. The van der Waals surface area contributed by atoms with Gasteiger partial charge in [0.15, 0.2) is 31.3 Å². The Morgan fingerprint density at radius 3 is 1.83 bits per heavy atom. The summed E-state index contributed by atoms with van der Waals surface area (Å²) in [6.07, 6.45) is 7.00. The van der Waals surface area contributed by atoms with Crippen LogP contribution in [0.25, 0.3) is 0 Å². The number of aliphatic hydroxyl groups excluding tert-OH is 2. The van der Waals surface area contributed by atoms with Crippen LogP contribution in [0.5, 0.6) is 0 Å². The van der Waals surface area contributed by atoms with Crippen LogP contribution in [-0.4, -0.2) is 23.4 Å². The maximum atomic E-state index is 8.65. The van der Waals surface area contributed by atoms with Crippen LogP contribution in [0.4, 0.5) is 0 Å². The lowest BCUT2D eigenvalue weighted by Gasteiger charge is -1.96. The van der Waals surface area contributed by atoms with Gasteiger partial charge in [0, 0.05) is 18.7 Å². The number of nitrogens with zero attached hydrogens (tertiary/aromatic N) is 3. The Bertz CT molecular complexity index is 330. The zero-order valence-electron chi connectivity index (χ0n) is 10.0. The predicted octanol–water partition coefficient (Wildman–Crippen LogP) is -1.65. The molecule has 18 heavy (non-hydrogen) atoms. The minimum atomic E-state index is 0.157. The lowest BCUT2D eigenvalue weighted by molar-refractivity contribution is -0.698. The third kappa shape index (κ3) is 11.7. The molecule has 98 valence electrons. The molecule has 1 rings (SSSR count). The van der Waals surface area contributed by atoms with Crippen molar-refractivity contribution >= 4 is 0 Å². The first-order valence-corrected chi connectivity index (χ1v) is 5.09. The second-order valence-corrected chi connectivity index (χ2v) is 2.90. The Labute approximate surface area is 106 Å². The Balaban J connectivity index is 0. The smallest absolute Gasteiger partial charge is 0.173 e. The maximum absolute atomic E-state index is 8.65. The van der Waals surface area contributed by atoms with Gasteiger partial charge < -0.3 is 21.7 Å². The van der Waals surface area contributed by atoms with E-state index in [0.29, 0.717) is 13.0 Å². The van der Waals surface area contributed by atoms with Crippen molar-refractivity contribution in [2.45, 2.75) is 13.0 Å². The molecular weight excluding hydrogens is 234 g/mol. The molecule has 0 saturated heterocycles. The standard InChI is InChI=1S/C9H14NO2.2CH2N2/c11-7-3-9-1-4-10(5-2-9)6-8-12;2*2-1-3/h1-2,4-5,11-12H,3,6-8H2;2*2H2/q+1;;. The normalized spacial score (nSPS) is 7.56. The van der Waals surface area contributed by atoms with Gasteiger partial charge in [0.25, 0.3) is 0 Å². The van der Waals surface area contributed by atoms with E-state index in [9.17, 15) is 0 Å². The van der Waals surface area contributed by atoms with E-state index in [1.165, 1.54) is 12.4 Å². The predicted molar refractivity (Wildman–Crippen MR) is 64.1 cm³/mol. The molecule has 0 aliphatic rings. The van der Waals surface area contributed by atoms with Gasteiger partial charge in [-0.25, -0.2) is 4.57 Å². The molecule has 0 bridgehead atoms. The van der Waals surface area contributed by atoms with E-state index in [-0.39, 0.29) is 13.2 Å². The molecule has 7 nitrogen and oxygen atoms in total. The first kappa shape index (κ1) is 18.0. The quantitative estimate of drug-likeness (QED) is 0.287. The van der Waals surface area contributed by atoms with Crippen LogP contribution in [0.2, 0.25) is 0 Å². The molecule has 7 heteroatoms. The molecule has 0 amide bonds. The van der Waals surface area contributed by atoms with E-state index >= 15 is 0 Å². The Morgan fingerprint density at radius 1 is 1.06 bits per heavy atom. The summed E-state index contributed by atoms with van der Waals surface area (Å²) < 4.78 is 1.90. The molecule has 1 aromatic heterocycles. The molecule has 1 heterocycles. The summed E-state index contributed by atoms with van der Waals surface area (Å²) >= 11 is 0. The molecule has 0 aromatic carbocycles. The van der Waals surface area contributed by atoms with E-state index in [4.69, 9.17) is 20.7 Å². The SMILES string of the molecule is N#CN.N#CN.OCCc1cc[n+](CCO)cc1. The van der Waals surface area contributed by atoms with Gasteiger partial charge in [0.2, 0.25) is 0 Å². The van der Waals surface area contributed by atoms with Gasteiger partial charge in [-0.2, -0.15) is 10.5 Å². The minimum Gasteiger partial charge on any atom is -0.396 e. The second kappa shape index (κ2) is 14.6. The van der Waals surface area contributed by atoms with Crippen molar-refractivity contribution in [3.63, 3.8) is 0 Å². The van der Waals surface area contributed by atoms with Gasteiger partial charge in [0.05, 0.1) is 0 Å². The first-order chi connectivity index (χ1) is 8.69. The van der Waals surface area contributed by atoms with Crippen LogP contribution in [0.15, 0.2) is 24.5 Å². The van der Waals surface area contributed by atoms with Crippen LogP contribution in [0, 0.1) is 22.9 Å². The molecule has 1 aromatic rings. The van der Waals surface area contributed by atoms with Gasteiger partial charge in [0.1, 0.15) is 6.61 Å². The van der Waals surface area contributed by atoms with Crippen molar-refractivity contribution in [1.29, 1.82) is 10.5 Å². The van der Waals surface area contributed by atoms with Crippen molar-refractivity contribution in [3.8, 4) is 12.4 Å². The van der Waals surface area contributed by atoms with Crippen LogP contribution in [0.3, 0.4) is 0 Å². The van der Waals surface area contributed by atoms with Crippen molar-refractivity contribution in [2.24, 2.45) is 11.5 Å². The van der Waals surface area contributed by atoms with Crippen molar-refractivity contribution in [2.75, 3.05) is 13.2 Å². The molecule has 0 radical (unpaired) electrons. The summed E-state index contributed by atoms with van der Waals surface area (Å²) in [6.45, 7) is 0.966. The zero-order chi connectivity index (χ0) is 14.2. The number of hydrogen-bond donors (Lipinski definition) is 4. The fourth-order valence-electron chi connectivity index (χ4n) is 1.05. The summed E-state index contributed by atoms with van der Waals surface area (Å²) in [7, 11) is 0. The fraction of sp³-hybridized carbons (Fsp3) is 0.364. The maximum Gasteiger partial charge on any atom is 0.173 e. The van der Waals surface area contributed by atoms with Gasteiger partial charge >= 0.3 is 0 Å². The van der Waals surface area contributed by atoms with Gasteiger partial charge in [-0.3, -0.25) is 0 Å². The zero-order valence-corrected chi connectivity index (χ0v) is 10.0. The highest BCUT2D eigenvalue weighted by molar-refractivity contribution is 5.06. The van der Waals surface area contributed by atoms with E-state index in [0.717, 1.165) is 5.56 Å². The number of pyridine rings is 1. The number of aromatic nitrogens is 1. The summed E-state index contributed by atoms with van der Waals surface area (Å²) in [6, 6.07) is 3.90. The van der Waals surface area contributed by atoms with Gasteiger partial charge in [-0.1, -0.05) is 0 Å². The Hall–Kier alpha value is -2.35. The third-order valence-electron chi connectivity index (χ3n) is 1.72. The highest BCUT2D eigenvalue weighted by Gasteiger charge is 1.98. The summed E-state index contributed by atoms with van der Waals surface area (Å²) in [5.41, 5.74) is 9.42. The molecule has 6 N–H and O–H groups in total. The molecule has 0 fully saturated rings. The first-order valence-electron chi connectivity index (χ1n) is 5.09. The molecule has 0 saturated carbocycles. The number of aliphatic hydroxyl groups is 2. The average Bonchev–Trinajstić information content (AvgIpc) is 2.34. The number of nitriles is 2. The largest absolute Gasteiger partial charge is 0.396 e. The van der Waals surface area contributed by atoms with Crippen LogP contribution in [-0.2, 0) is 13.0 Å². The van der Waals surface area contributed by atoms with Crippen LogP contribution in [0.1, 0.15) is 5.56 Å². The Kier molecular flexibility index (Phi) is 14.7. The molecular formula is C11H18N5O2+. The van der Waals surface area contributed by atoms with E-state index in [1.54, 1.807) is 0 Å². The van der Waals surface area contributed by atoms with E-state index in [2.05, 4.69) is 11.5 Å². The van der Waals surface area contributed by atoms with Crippen molar-refractivity contribution < 1.29 is 14.8 Å². The van der Waals surface area contributed by atoms with Gasteiger partial charge in [-0.15, -0.1) is 0 Å². The molecule has 0 unspecified atom stereocenters. The van der Waals surface area contributed by atoms with E-state index in [1.807, 2.05) is 29.1 Å². The fourth-order valence-corrected chi connectivity index (χ4v) is 1.05. The average molecular weight is 252 g/mol. The van der Waals surface area contributed by atoms with Gasteiger partial charge in [-0.05, 0) is 12.0 Å². The van der Waals surface area contributed by atoms with Crippen LogP contribution >= 0.6 is 0 Å². The highest BCUT2D eigenvalue weighted by Crippen LogP contribution is 1.94. The minimum absolute atomic E-state index is 0.157. The highest BCUT2D eigenvalue weighted by atomic mass is 16.3. The summed E-state index contributed by atoms with van der Waals surface area (Å²) in [4.78, 5) is 0. The lowest BCUT2D eigenvalue weighted by atomic mass is 10.2. The number of rotatable bonds is 4. The van der Waals surface area contributed by atoms with Crippen molar-refractivity contribution in [1.82, 2.24) is 0 Å². The van der Waals surface area contributed by atoms with Crippen LogP contribution < -0.4 is 16.0 Å². The Morgan fingerprint density at radius 2 is 1.50 bits per heavy atom. The summed E-state index contributed by atoms with van der Waals surface area (Å²) in [5.74, 6) is 0. The number of nitrogens with two attached hydrogens (primary N) is 2. The molecule has 0 atom stereocenters. The monoisotopic (exact) mass is 252 g/mol. The lowest BCUT2D eigenvalue weighted by Crippen LogP contribution is -2.34. The van der Waals surface area contributed by atoms with E-state index < -0.39 is 0 Å². The third-order valence-corrected chi connectivity index (χ3v) is 1.72.